The van der Waals surface area contributed by atoms with E-state index in [-0.39, 0.29) is 11.8 Å². The Kier molecular flexibility index (Phi) is 6.16. The van der Waals surface area contributed by atoms with Crippen LogP contribution in [0.2, 0.25) is 5.02 Å². The van der Waals surface area contributed by atoms with Gasteiger partial charge in [0, 0.05) is 10.9 Å². The summed E-state index contributed by atoms with van der Waals surface area (Å²) < 4.78 is 0. The first-order valence-corrected chi connectivity index (χ1v) is 6.64. The minimum absolute atomic E-state index is 0.201. The number of nitrogens with one attached hydrogen (secondary N) is 1. The Balaban J connectivity index is 2.78. The van der Waals surface area contributed by atoms with E-state index in [0.717, 1.165) is 30.4 Å². The molecule has 100 valence electrons. The number of carbonyl (C=O) groups excluding carboxylic acids is 1. The van der Waals surface area contributed by atoms with E-state index < -0.39 is 0 Å². The summed E-state index contributed by atoms with van der Waals surface area (Å²) >= 11 is 6.00. The van der Waals surface area contributed by atoms with Gasteiger partial charge in [-0.3, -0.25) is 10.0 Å². The lowest BCUT2D eigenvalue weighted by molar-refractivity contribution is -0.133. The number of hydrogen-bond donors (Lipinski definition) is 2. The molecule has 1 amide bonds. The van der Waals surface area contributed by atoms with Gasteiger partial charge in [0.2, 0.25) is 5.91 Å². The molecule has 0 radical (unpaired) electrons. The lowest BCUT2D eigenvalue weighted by Gasteiger charge is -2.15. The van der Waals surface area contributed by atoms with E-state index >= 15 is 0 Å². The molecule has 0 saturated carbocycles. The predicted octanol–water partition coefficient (Wildman–Crippen LogP) is 3.50. The van der Waals surface area contributed by atoms with Gasteiger partial charge in [0.15, 0.2) is 0 Å². The van der Waals surface area contributed by atoms with Gasteiger partial charge in [0.05, 0.1) is 0 Å². The molecule has 1 atom stereocenters. The lowest BCUT2D eigenvalue weighted by atomic mass is 9.93. The number of benzene rings is 1. The third-order valence-corrected chi connectivity index (χ3v) is 3.19. The Labute approximate surface area is 113 Å². The van der Waals surface area contributed by atoms with Gasteiger partial charge in [0.1, 0.15) is 0 Å². The molecule has 2 N–H and O–H groups in total. The van der Waals surface area contributed by atoms with Crippen molar-refractivity contribution in [3.05, 3.63) is 34.3 Å². The highest BCUT2D eigenvalue weighted by Crippen LogP contribution is 2.20. The van der Waals surface area contributed by atoms with Crippen molar-refractivity contribution in [2.75, 3.05) is 0 Å². The maximum Gasteiger partial charge on any atom is 0.246 e. The van der Waals surface area contributed by atoms with Gasteiger partial charge in [-0.25, -0.2) is 5.48 Å². The number of hydroxylamine groups is 1. The van der Waals surface area contributed by atoms with Crippen LogP contribution in [-0.2, 0) is 11.2 Å². The molecule has 0 fully saturated rings. The minimum Gasteiger partial charge on any atom is -0.289 e. The van der Waals surface area contributed by atoms with Crippen LogP contribution < -0.4 is 5.48 Å². The van der Waals surface area contributed by atoms with Crippen LogP contribution in [0.1, 0.15) is 37.3 Å². The third-order valence-electron chi connectivity index (χ3n) is 2.97. The van der Waals surface area contributed by atoms with Gasteiger partial charge >= 0.3 is 0 Å². The average Bonchev–Trinajstić information content (AvgIpc) is 2.32. The fraction of sp³-hybridized carbons (Fsp3) is 0.500. The lowest BCUT2D eigenvalue weighted by Crippen LogP contribution is -2.29. The summed E-state index contributed by atoms with van der Waals surface area (Å²) in [4.78, 5) is 11.6. The second kappa shape index (κ2) is 7.39. The number of aryl methyl sites for hydroxylation is 1. The number of amides is 1. The first-order chi connectivity index (χ1) is 8.56. The van der Waals surface area contributed by atoms with Crippen molar-refractivity contribution in [1.82, 2.24) is 5.48 Å². The van der Waals surface area contributed by atoms with Crippen molar-refractivity contribution in [2.24, 2.45) is 5.92 Å². The zero-order valence-corrected chi connectivity index (χ0v) is 11.6. The molecule has 18 heavy (non-hydrogen) atoms. The zero-order chi connectivity index (χ0) is 13.5. The highest BCUT2D eigenvalue weighted by Gasteiger charge is 2.18. The van der Waals surface area contributed by atoms with Crippen LogP contribution in [-0.4, -0.2) is 11.1 Å². The van der Waals surface area contributed by atoms with Crippen molar-refractivity contribution in [3.8, 4) is 0 Å². The van der Waals surface area contributed by atoms with Crippen molar-refractivity contribution in [3.63, 3.8) is 0 Å². The second-order valence-electron chi connectivity index (χ2n) is 4.66. The van der Waals surface area contributed by atoms with Gasteiger partial charge < -0.3 is 0 Å². The molecular formula is C14H20ClNO2. The van der Waals surface area contributed by atoms with Gasteiger partial charge in [-0.15, -0.1) is 0 Å². The summed E-state index contributed by atoms with van der Waals surface area (Å²) in [5.74, 6) is -0.520. The molecule has 1 unspecified atom stereocenters. The molecule has 1 aromatic rings. The first kappa shape index (κ1) is 15.0. The smallest absolute Gasteiger partial charge is 0.246 e. The van der Waals surface area contributed by atoms with Crippen molar-refractivity contribution >= 4 is 17.5 Å². The number of unbranched alkanes of at least 4 members (excludes halogenated alkanes) is 1. The molecule has 0 spiro atoms. The van der Waals surface area contributed by atoms with Gasteiger partial charge in [0.25, 0.3) is 0 Å². The number of hydrogen-bond acceptors (Lipinski definition) is 2. The summed E-state index contributed by atoms with van der Waals surface area (Å²) in [5.41, 5.74) is 3.86. The monoisotopic (exact) mass is 269 g/mol. The highest BCUT2D eigenvalue weighted by atomic mass is 35.5. The molecule has 4 heteroatoms. The topological polar surface area (TPSA) is 49.3 Å². The maximum atomic E-state index is 11.6. The van der Waals surface area contributed by atoms with Crippen LogP contribution in [0.25, 0.3) is 0 Å². The molecule has 0 heterocycles. The Morgan fingerprint density at radius 2 is 2.17 bits per heavy atom. The number of halogens is 1. The van der Waals surface area contributed by atoms with E-state index in [1.165, 1.54) is 0 Å². The fourth-order valence-corrected chi connectivity index (χ4v) is 2.39. The van der Waals surface area contributed by atoms with Crippen LogP contribution in [0.5, 0.6) is 0 Å². The Morgan fingerprint density at radius 1 is 1.44 bits per heavy atom. The fourth-order valence-electron chi connectivity index (χ4n) is 2.08. The van der Waals surface area contributed by atoms with Crippen LogP contribution in [0.15, 0.2) is 18.2 Å². The highest BCUT2D eigenvalue weighted by molar-refractivity contribution is 6.30. The molecule has 0 bridgehead atoms. The minimum atomic E-state index is -0.318. The second-order valence-corrected chi connectivity index (χ2v) is 5.09. The normalized spacial score (nSPS) is 12.2. The van der Waals surface area contributed by atoms with Gasteiger partial charge in [-0.05, 0) is 43.0 Å². The van der Waals surface area contributed by atoms with Crippen LogP contribution >= 0.6 is 11.6 Å². The third kappa shape index (κ3) is 4.67. The summed E-state index contributed by atoms with van der Waals surface area (Å²) in [6.07, 6.45) is 3.38. The summed E-state index contributed by atoms with van der Waals surface area (Å²) in [5, 5.41) is 9.45. The zero-order valence-electron chi connectivity index (χ0n) is 10.9. The van der Waals surface area contributed by atoms with Gasteiger partial charge in [-0.1, -0.05) is 37.4 Å². The van der Waals surface area contributed by atoms with Crippen LogP contribution in [0, 0.1) is 12.8 Å². The Bertz CT molecular complexity index is 387. The molecule has 0 aliphatic rings. The standard InChI is InChI=1S/C14H20ClNO2/c1-3-4-5-12(14(17)16-18)8-11-6-10(2)7-13(15)9-11/h6-7,9,12,18H,3-5,8H2,1-2H3,(H,16,17). The Hall–Kier alpha value is -1.06. The van der Waals surface area contributed by atoms with Crippen LogP contribution in [0.4, 0.5) is 0 Å². The van der Waals surface area contributed by atoms with E-state index in [1.807, 2.05) is 25.1 Å². The average molecular weight is 270 g/mol. The molecule has 0 aromatic heterocycles. The van der Waals surface area contributed by atoms with E-state index in [4.69, 9.17) is 16.8 Å². The van der Waals surface area contributed by atoms with E-state index in [2.05, 4.69) is 6.92 Å². The molecular weight excluding hydrogens is 250 g/mol. The Morgan fingerprint density at radius 3 is 2.72 bits per heavy atom. The van der Waals surface area contributed by atoms with Crippen molar-refractivity contribution in [2.45, 2.75) is 39.5 Å². The first-order valence-electron chi connectivity index (χ1n) is 6.26. The molecule has 1 aromatic carbocycles. The SMILES string of the molecule is CCCCC(Cc1cc(C)cc(Cl)c1)C(=O)NO. The van der Waals surface area contributed by atoms with E-state index in [1.54, 1.807) is 5.48 Å². The summed E-state index contributed by atoms with van der Waals surface area (Å²) in [6, 6.07) is 5.78. The molecule has 3 nitrogen and oxygen atoms in total. The van der Waals surface area contributed by atoms with Crippen molar-refractivity contribution in [1.29, 1.82) is 0 Å². The summed E-state index contributed by atoms with van der Waals surface area (Å²) in [6.45, 7) is 4.06. The predicted molar refractivity (Wildman–Crippen MR) is 72.8 cm³/mol. The molecule has 1 rings (SSSR count). The maximum absolute atomic E-state index is 11.6. The number of rotatable bonds is 6. The van der Waals surface area contributed by atoms with Crippen LogP contribution in [0.3, 0.4) is 0 Å². The van der Waals surface area contributed by atoms with Crippen molar-refractivity contribution < 1.29 is 10.0 Å². The number of carbonyl (C=O) groups is 1. The molecule has 0 aliphatic carbocycles. The van der Waals surface area contributed by atoms with Gasteiger partial charge in [-0.2, -0.15) is 0 Å². The molecule has 0 aliphatic heterocycles. The molecule has 0 saturated heterocycles. The summed E-state index contributed by atoms with van der Waals surface area (Å²) in [7, 11) is 0. The van der Waals surface area contributed by atoms with E-state index in [9.17, 15) is 4.79 Å². The quantitative estimate of drug-likeness (QED) is 0.613. The largest absolute Gasteiger partial charge is 0.289 e. The van der Waals surface area contributed by atoms with E-state index in [0.29, 0.717) is 11.4 Å².